The van der Waals surface area contributed by atoms with Gasteiger partial charge in [-0.3, -0.25) is 4.79 Å². The maximum atomic E-state index is 11.6. The molecule has 7 heteroatoms. The fourth-order valence-electron chi connectivity index (χ4n) is 1.91. The van der Waals surface area contributed by atoms with Gasteiger partial charge in [0.05, 0.1) is 17.2 Å². The summed E-state index contributed by atoms with van der Waals surface area (Å²) >= 11 is 0.865. The van der Waals surface area contributed by atoms with Crippen molar-refractivity contribution in [3.63, 3.8) is 0 Å². The number of carbonyl (C=O) groups is 3. The van der Waals surface area contributed by atoms with E-state index in [-0.39, 0.29) is 27.6 Å². The summed E-state index contributed by atoms with van der Waals surface area (Å²) in [4.78, 5) is 33.8. The van der Waals surface area contributed by atoms with Crippen LogP contribution < -0.4 is 0 Å². The highest BCUT2D eigenvalue weighted by molar-refractivity contribution is 8.13. The number of aliphatic hydroxyl groups is 2. The monoisotopic (exact) mass is 296 g/mol. The lowest BCUT2D eigenvalue weighted by molar-refractivity contribution is -0.109. The van der Waals surface area contributed by atoms with Gasteiger partial charge in [-0.15, -0.1) is 0 Å². The maximum absolute atomic E-state index is 11.6. The van der Waals surface area contributed by atoms with Crippen LogP contribution >= 0.6 is 11.8 Å². The van der Waals surface area contributed by atoms with E-state index in [4.69, 9.17) is 0 Å². The van der Waals surface area contributed by atoms with Crippen molar-refractivity contribution >= 4 is 28.8 Å². The highest BCUT2D eigenvalue weighted by Gasteiger charge is 2.35. The van der Waals surface area contributed by atoms with Crippen LogP contribution in [0.4, 0.5) is 0 Å². The summed E-state index contributed by atoms with van der Waals surface area (Å²) in [5.74, 6) is -1.62. The summed E-state index contributed by atoms with van der Waals surface area (Å²) in [6.07, 6.45) is -2.62. The third-order valence-corrected chi connectivity index (χ3v) is 3.76. The normalized spacial score (nSPS) is 16.6. The van der Waals surface area contributed by atoms with E-state index in [1.54, 1.807) is 0 Å². The van der Waals surface area contributed by atoms with E-state index in [9.17, 15) is 24.6 Å². The molecule has 2 atom stereocenters. The predicted octanol–water partition coefficient (Wildman–Crippen LogP) is 0.671. The molecule has 0 spiro atoms. The van der Waals surface area contributed by atoms with Gasteiger partial charge in [0.2, 0.25) is 0 Å². The van der Waals surface area contributed by atoms with Crippen LogP contribution in [0.5, 0.6) is 0 Å². The Balaban J connectivity index is 2.27. The van der Waals surface area contributed by atoms with E-state index in [2.05, 4.69) is 4.74 Å². The zero-order chi connectivity index (χ0) is 14.9. The second kappa shape index (κ2) is 5.74. The Labute approximate surface area is 118 Å². The minimum absolute atomic E-state index is 0.0108. The molecular formula is C13H12O6S. The summed E-state index contributed by atoms with van der Waals surface area (Å²) in [7, 11) is 0. The number of hydrogen-bond acceptors (Lipinski definition) is 7. The molecule has 0 aliphatic carbocycles. The van der Waals surface area contributed by atoms with Crippen molar-refractivity contribution in [2.24, 2.45) is 0 Å². The van der Waals surface area contributed by atoms with Crippen LogP contribution in [-0.2, 0) is 9.53 Å². The number of rotatable bonds is 4. The molecule has 0 saturated carbocycles. The van der Waals surface area contributed by atoms with Crippen LogP contribution in [0.2, 0.25) is 0 Å². The van der Waals surface area contributed by atoms with Crippen LogP contribution in [0.25, 0.3) is 0 Å². The predicted molar refractivity (Wildman–Crippen MR) is 70.3 cm³/mol. The van der Waals surface area contributed by atoms with Crippen LogP contribution in [0.1, 0.15) is 39.3 Å². The van der Waals surface area contributed by atoms with E-state index in [1.807, 2.05) is 0 Å². The Bertz CT molecular complexity index is 582. The van der Waals surface area contributed by atoms with Crippen molar-refractivity contribution in [1.29, 1.82) is 0 Å². The van der Waals surface area contributed by atoms with Crippen molar-refractivity contribution in [2.45, 2.75) is 19.1 Å². The number of esters is 2. The minimum atomic E-state index is -1.38. The average molecular weight is 296 g/mol. The van der Waals surface area contributed by atoms with Crippen molar-refractivity contribution in [2.75, 3.05) is 5.75 Å². The molecule has 2 rings (SSSR count). The highest BCUT2D eigenvalue weighted by Crippen LogP contribution is 2.30. The Hall–Kier alpha value is -1.70. The van der Waals surface area contributed by atoms with Crippen LogP contribution in [0, 0.1) is 0 Å². The van der Waals surface area contributed by atoms with Crippen molar-refractivity contribution in [3.8, 4) is 0 Å². The van der Waals surface area contributed by atoms with Gasteiger partial charge >= 0.3 is 11.9 Å². The number of thioether (sulfide) groups is 1. The zero-order valence-electron chi connectivity index (χ0n) is 10.5. The number of fused-ring (bicyclic) bond motifs is 1. The molecule has 1 aromatic rings. The molecule has 0 aromatic heterocycles. The van der Waals surface area contributed by atoms with Crippen LogP contribution in [-0.4, -0.2) is 39.1 Å². The van der Waals surface area contributed by atoms with E-state index < -0.39 is 24.1 Å². The molecule has 0 saturated heterocycles. The fourth-order valence-corrected chi connectivity index (χ4v) is 2.49. The quantitative estimate of drug-likeness (QED) is 0.622. The number of carbonyl (C=O) groups excluding carboxylic acids is 3. The van der Waals surface area contributed by atoms with Crippen molar-refractivity contribution in [3.05, 3.63) is 34.9 Å². The molecule has 0 amide bonds. The van der Waals surface area contributed by atoms with Gasteiger partial charge in [-0.25, -0.2) is 9.59 Å². The van der Waals surface area contributed by atoms with Gasteiger partial charge in [0, 0.05) is 12.7 Å². The molecule has 0 bridgehead atoms. The van der Waals surface area contributed by atoms with E-state index in [0.29, 0.717) is 0 Å². The Morgan fingerprint density at radius 1 is 1.30 bits per heavy atom. The van der Waals surface area contributed by atoms with Gasteiger partial charge in [0.15, 0.2) is 5.12 Å². The molecular weight excluding hydrogens is 284 g/mol. The van der Waals surface area contributed by atoms with E-state index in [1.165, 1.54) is 25.1 Å². The Morgan fingerprint density at radius 2 is 2.00 bits per heavy atom. The summed E-state index contributed by atoms with van der Waals surface area (Å²) in [6.45, 7) is 1.35. The zero-order valence-corrected chi connectivity index (χ0v) is 11.3. The molecule has 1 aliphatic heterocycles. The van der Waals surface area contributed by atoms with Gasteiger partial charge < -0.3 is 14.9 Å². The highest BCUT2D eigenvalue weighted by atomic mass is 32.2. The first-order chi connectivity index (χ1) is 9.41. The molecule has 2 N–H and O–H groups in total. The Morgan fingerprint density at radius 3 is 2.65 bits per heavy atom. The number of aliphatic hydroxyl groups excluding tert-OH is 2. The smallest absolute Gasteiger partial charge is 0.347 e. The lowest BCUT2D eigenvalue weighted by atomic mass is 9.96. The number of ether oxygens (including phenoxy) is 1. The first kappa shape index (κ1) is 14.7. The molecule has 1 aliphatic rings. The summed E-state index contributed by atoms with van der Waals surface area (Å²) in [5, 5.41) is 19.7. The second-order valence-corrected chi connectivity index (χ2v) is 5.46. The number of benzene rings is 1. The lowest BCUT2D eigenvalue weighted by Crippen LogP contribution is -2.23. The second-order valence-electron chi connectivity index (χ2n) is 4.26. The molecule has 1 heterocycles. The third-order valence-electron chi connectivity index (χ3n) is 2.85. The standard InChI is InChI=1S/C13H12O6S/c1-6(14)20-5-9(15)11(16)7-3-2-4-8-10(7)13(18)19-12(8)17/h2-4,9,11,15-16H,5H2,1H3. The lowest BCUT2D eigenvalue weighted by Gasteiger charge is -2.18. The Kier molecular flexibility index (Phi) is 4.22. The van der Waals surface area contributed by atoms with Crippen LogP contribution in [0.15, 0.2) is 18.2 Å². The molecule has 0 radical (unpaired) electrons. The van der Waals surface area contributed by atoms with Gasteiger partial charge in [0.25, 0.3) is 0 Å². The van der Waals surface area contributed by atoms with E-state index in [0.717, 1.165) is 11.8 Å². The molecule has 20 heavy (non-hydrogen) atoms. The summed E-state index contributed by atoms with van der Waals surface area (Å²) < 4.78 is 4.47. The van der Waals surface area contributed by atoms with Gasteiger partial charge in [-0.05, 0) is 11.6 Å². The van der Waals surface area contributed by atoms with E-state index >= 15 is 0 Å². The fraction of sp³-hybridized carbons (Fsp3) is 0.308. The molecule has 1 aromatic carbocycles. The van der Waals surface area contributed by atoms with Gasteiger partial charge in [-0.2, -0.15) is 0 Å². The summed E-state index contributed by atoms with van der Waals surface area (Å²) in [5.41, 5.74) is 0.157. The van der Waals surface area contributed by atoms with Gasteiger partial charge in [-0.1, -0.05) is 23.9 Å². The number of cyclic esters (lactones) is 2. The molecule has 6 nitrogen and oxygen atoms in total. The SMILES string of the molecule is CC(=O)SCC(O)C(O)c1cccc2c1C(=O)OC2=O. The molecule has 2 unspecified atom stereocenters. The van der Waals surface area contributed by atoms with Crippen molar-refractivity contribution in [1.82, 2.24) is 0 Å². The first-order valence-corrected chi connectivity index (χ1v) is 6.79. The molecule has 106 valence electrons. The maximum Gasteiger partial charge on any atom is 0.347 e. The molecule has 0 fully saturated rings. The topological polar surface area (TPSA) is 101 Å². The average Bonchev–Trinajstić information content (AvgIpc) is 2.70. The van der Waals surface area contributed by atoms with Gasteiger partial charge in [0.1, 0.15) is 6.10 Å². The number of hydrogen-bond donors (Lipinski definition) is 2. The largest absolute Gasteiger partial charge is 0.389 e. The van der Waals surface area contributed by atoms with Crippen molar-refractivity contribution < 1.29 is 29.3 Å². The summed E-state index contributed by atoms with van der Waals surface area (Å²) in [6, 6.07) is 4.34. The van der Waals surface area contributed by atoms with Crippen LogP contribution in [0.3, 0.4) is 0 Å². The third kappa shape index (κ3) is 2.74. The minimum Gasteiger partial charge on any atom is -0.389 e. The first-order valence-electron chi connectivity index (χ1n) is 5.80.